The second-order valence-electron chi connectivity index (χ2n) is 3.77. The average molecular weight is 265 g/mol. The fourth-order valence-corrected chi connectivity index (χ4v) is 1.41. The molecule has 0 saturated carbocycles. The Bertz CT molecular complexity index is 412. The van der Waals surface area contributed by atoms with Crippen molar-refractivity contribution in [1.29, 1.82) is 0 Å². The highest BCUT2D eigenvalue weighted by Gasteiger charge is 2.33. The van der Waals surface area contributed by atoms with E-state index in [1.54, 1.807) is 0 Å². The number of likely N-dealkylation sites (N-methyl/N-ethyl adjacent to an activating group) is 1. The lowest BCUT2D eigenvalue weighted by atomic mass is 10.0. The van der Waals surface area contributed by atoms with Crippen LogP contribution in [0.4, 0.5) is 19.0 Å². The highest BCUT2D eigenvalue weighted by atomic mass is 19.4. The summed E-state index contributed by atoms with van der Waals surface area (Å²) in [5.74, 6) is -0.245. The summed E-state index contributed by atoms with van der Waals surface area (Å²) in [6.07, 6.45) is -6.81. The quantitative estimate of drug-likeness (QED) is 0.628. The van der Waals surface area contributed by atoms with E-state index in [2.05, 4.69) is 10.3 Å². The van der Waals surface area contributed by atoms with Gasteiger partial charge in [-0.15, -0.1) is 0 Å². The van der Waals surface area contributed by atoms with Gasteiger partial charge in [-0.2, -0.15) is 13.2 Å². The Morgan fingerprint density at radius 3 is 2.56 bits per heavy atom. The van der Waals surface area contributed by atoms with Crippen LogP contribution in [0, 0.1) is 0 Å². The number of aliphatic hydroxyl groups excluding tert-OH is 2. The summed E-state index contributed by atoms with van der Waals surface area (Å²) in [6, 6.07) is 0.686. The maximum atomic E-state index is 12.5. The summed E-state index contributed by atoms with van der Waals surface area (Å²) in [6.45, 7) is 0.0108. The first-order valence-electron chi connectivity index (χ1n) is 5.10. The van der Waals surface area contributed by atoms with Crippen LogP contribution in [0.5, 0.6) is 0 Å². The first-order chi connectivity index (χ1) is 8.27. The molecule has 5 N–H and O–H groups in total. The van der Waals surface area contributed by atoms with Crippen molar-refractivity contribution in [3.8, 4) is 0 Å². The van der Waals surface area contributed by atoms with Crippen LogP contribution in [-0.4, -0.2) is 34.9 Å². The molecule has 8 heteroatoms. The summed E-state index contributed by atoms with van der Waals surface area (Å²) in [4.78, 5) is 3.38. The minimum Gasteiger partial charge on any atom is -0.389 e. The number of pyridine rings is 1. The lowest BCUT2D eigenvalue weighted by Crippen LogP contribution is -2.30. The van der Waals surface area contributed by atoms with Crippen LogP contribution >= 0.6 is 0 Å². The number of halogens is 3. The van der Waals surface area contributed by atoms with Crippen molar-refractivity contribution in [3.05, 3.63) is 23.4 Å². The molecular formula is C10H14F3N3O2. The zero-order valence-corrected chi connectivity index (χ0v) is 9.57. The molecule has 1 aromatic heterocycles. The molecule has 0 aliphatic rings. The van der Waals surface area contributed by atoms with Gasteiger partial charge in [0.2, 0.25) is 0 Å². The first-order valence-corrected chi connectivity index (χ1v) is 5.10. The minimum absolute atomic E-state index is 0.0108. The number of nitrogens with one attached hydrogen (secondary N) is 1. The van der Waals surface area contributed by atoms with E-state index in [-0.39, 0.29) is 17.9 Å². The van der Waals surface area contributed by atoms with Gasteiger partial charge >= 0.3 is 6.18 Å². The third-order valence-corrected chi connectivity index (χ3v) is 2.37. The summed E-state index contributed by atoms with van der Waals surface area (Å²) >= 11 is 0. The Balaban J connectivity index is 3.08. The van der Waals surface area contributed by atoms with Crippen molar-refractivity contribution in [2.45, 2.75) is 18.4 Å². The van der Waals surface area contributed by atoms with E-state index in [0.29, 0.717) is 12.3 Å². The van der Waals surface area contributed by atoms with Gasteiger partial charge < -0.3 is 21.3 Å². The number of rotatable bonds is 4. The SMILES string of the molecule is CNCC(O)C(O)c1cc(C(F)(F)F)cnc1N. The van der Waals surface area contributed by atoms with Gasteiger partial charge in [-0.05, 0) is 13.1 Å². The predicted octanol–water partition coefficient (Wildman–Crippen LogP) is 0.296. The zero-order valence-electron chi connectivity index (χ0n) is 9.57. The maximum Gasteiger partial charge on any atom is 0.417 e. The van der Waals surface area contributed by atoms with Crippen LogP contribution < -0.4 is 11.1 Å². The molecule has 0 fully saturated rings. The molecule has 5 nitrogen and oxygen atoms in total. The molecule has 0 aliphatic heterocycles. The summed E-state index contributed by atoms with van der Waals surface area (Å²) in [5, 5.41) is 21.8. The molecule has 0 saturated heterocycles. The van der Waals surface area contributed by atoms with Gasteiger partial charge in [0.25, 0.3) is 0 Å². The Kier molecular flexibility index (Phi) is 4.49. The van der Waals surface area contributed by atoms with E-state index in [1.807, 2.05) is 0 Å². The Morgan fingerprint density at radius 1 is 1.44 bits per heavy atom. The number of aliphatic hydroxyl groups is 2. The number of nitrogens with two attached hydrogens (primary N) is 1. The predicted molar refractivity (Wildman–Crippen MR) is 58.5 cm³/mol. The van der Waals surface area contributed by atoms with E-state index in [0.717, 1.165) is 0 Å². The largest absolute Gasteiger partial charge is 0.417 e. The van der Waals surface area contributed by atoms with Gasteiger partial charge in [0.05, 0.1) is 11.7 Å². The number of hydrogen-bond donors (Lipinski definition) is 4. The van der Waals surface area contributed by atoms with Crippen molar-refractivity contribution in [3.63, 3.8) is 0 Å². The number of aromatic nitrogens is 1. The fourth-order valence-electron chi connectivity index (χ4n) is 1.41. The number of nitrogens with zero attached hydrogens (tertiary/aromatic N) is 1. The number of hydrogen-bond acceptors (Lipinski definition) is 5. The number of anilines is 1. The van der Waals surface area contributed by atoms with E-state index in [4.69, 9.17) is 5.73 Å². The molecule has 102 valence electrons. The van der Waals surface area contributed by atoms with Crippen LogP contribution in [0.1, 0.15) is 17.2 Å². The van der Waals surface area contributed by atoms with Crippen molar-refractivity contribution in [2.24, 2.45) is 0 Å². The van der Waals surface area contributed by atoms with Gasteiger partial charge in [-0.25, -0.2) is 4.98 Å². The summed E-state index contributed by atoms with van der Waals surface area (Å²) in [7, 11) is 1.53. The first kappa shape index (κ1) is 14.7. The standard InChI is InChI=1S/C10H14F3N3O2/c1-15-4-7(17)8(18)6-2-5(10(11,12)13)3-16-9(6)14/h2-3,7-8,15,17-18H,4H2,1H3,(H2,14,16). The van der Waals surface area contributed by atoms with Crippen molar-refractivity contribution in [2.75, 3.05) is 19.3 Å². The minimum atomic E-state index is -4.58. The van der Waals surface area contributed by atoms with Crippen LogP contribution in [0.2, 0.25) is 0 Å². The molecule has 2 unspecified atom stereocenters. The van der Waals surface area contributed by atoms with Crippen molar-refractivity contribution < 1.29 is 23.4 Å². The lowest BCUT2D eigenvalue weighted by molar-refractivity contribution is -0.138. The van der Waals surface area contributed by atoms with E-state index in [1.165, 1.54) is 7.05 Å². The van der Waals surface area contributed by atoms with E-state index >= 15 is 0 Å². The monoisotopic (exact) mass is 265 g/mol. The van der Waals surface area contributed by atoms with Crippen LogP contribution in [0.3, 0.4) is 0 Å². The van der Waals surface area contributed by atoms with Gasteiger partial charge in [0.15, 0.2) is 0 Å². The average Bonchev–Trinajstić information content (AvgIpc) is 2.27. The molecule has 1 rings (SSSR count). The molecule has 0 spiro atoms. The molecular weight excluding hydrogens is 251 g/mol. The highest BCUT2D eigenvalue weighted by Crippen LogP contribution is 2.32. The van der Waals surface area contributed by atoms with Crippen LogP contribution in [0.15, 0.2) is 12.3 Å². The van der Waals surface area contributed by atoms with Crippen LogP contribution in [0.25, 0.3) is 0 Å². The van der Waals surface area contributed by atoms with E-state index in [9.17, 15) is 23.4 Å². The molecule has 1 aromatic rings. The summed E-state index contributed by atoms with van der Waals surface area (Å²) in [5.41, 5.74) is 4.13. The molecule has 0 aliphatic carbocycles. The van der Waals surface area contributed by atoms with Crippen LogP contribution in [-0.2, 0) is 6.18 Å². The number of alkyl halides is 3. The molecule has 0 bridgehead atoms. The van der Waals surface area contributed by atoms with Gasteiger partial charge in [-0.1, -0.05) is 0 Å². The topological polar surface area (TPSA) is 91.4 Å². The third kappa shape index (κ3) is 3.31. The Morgan fingerprint density at radius 2 is 2.06 bits per heavy atom. The van der Waals surface area contributed by atoms with E-state index < -0.39 is 23.9 Å². The molecule has 18 heavy (non-hydrogen) atoms. The van der Waals surface area contributed by atoms with Crippen molar-refractivity contribution in [1.82, 2.24) is 10.3 Å². The lowest BCUT2D eigenvalue weighted by Gasteiger charge is -2.20. The second-order valence-corrected chi connectivity index (χ2v) is 3.77. The van der Waals surface area contributed by atoms with Gasteiger partial charge in [0.1, 0.15) is 11.9 Å². The Hall–Kier alpha value is -1.38. The number of nitrogen functional groups attached to an aromatic ring is 1. The Labute approximate surface area is 101 Å². The van der Waals surface area contributed by atoms with Crippen molar-refractivity contribution >= 4 is 5.82 Å². The normalized spacial score (nSPS) is 15.4. The second kappa shape index (κ2) is 5.51. The molecule has 1 heterocycles. The highest BCUT2D eigenvalue weighted by molar-refractivity contribution is 5.43. The molecule has 0 aromatic carbocycles. The smallest absolute Gasteiger partial charge is 0.389 e. The summed E-state index contributed by atoms with van der Waals surface area (Å²) < 4.78 is 37.4. The maximum absolute atomic E-state index is 12.5. The zero-order chi connectivity index (χ0) is 13.9. The molecule has 0 amide bonds. The molecule has 2 atom stereocenters. The van der Waals surface area contributed by atoms with Gasteiger partial charge in [-0.3, -0.25) is 0 Å². The van der Waals surface area contributed by atoms with Gasteiger partial charge in [0, 0.05) is 18.3 Å². The third-order valence-electron chi connectivity index (χ3n) is 2.37. The fraction of sp³-hybridized carbons (Fsp3) is 0.500. The molecule has 0 radical (unpaired) electrons.